The fraction of sp³-hybridized carbons (Fsp3) is 0.481. The number of carboxylic acid groups (broad SMARTS) is 1. The first-order chi connectivity index (χ1) is 16.6. The van der Waals surface area contributed by atoms with Crippen LogP contribution in [0.1, 0.15) is 37.7 Å². The Bertz CT molecular complexity index is 1060. The smallest absolute Gasteiger partial charge is 0.303 e. The molecule has 4 rings (SSSR count). The number of hydrogen-bond donors (Lipinski definition) is 1. The molecular weight excluding hydrogens is 448 g/mol. The van der Waals surface area contributed by atoms with Gasteiger partial charge in [0.25, 0.3) is 0 Å². The van der Waals surface area contributed by atoms with Crippen molar-refractivity contribution in [3.8, 4) is 5.75 Å². The molecule has 0 amide bonds. The van der Waals surface area contributed by atoms with Crippen LogP contribution in [0.25, 0.3) is 10.9 Å². The highest BCUT2D eigenvalue weighted by molar-refractivity contribution is 7.99. The molecule has 7 heteroatoms. The summed E-state index contributed by atoms with van der Waals surface area (Å²) < 4.78 is 10.8. The third-order valence-electron chi connectivity index (χ3n) is 6.91. The number of carbonyl (C=O) groups is 1. The van der Waals surface area contributed by atoms with Gasteiger partial charge in [-0.15, -0.1) is 0 Å². The van der Waals surface area contributed by atoms with Crippen LogP contribution in [0.4, 0.5) is 0 Å². The van der Waals surface area contributed by atoms with E-state index in [1.165, 1.54) is 5.56 Å². The van der Waals surface area contributed by atoms with E-state index in [1.54, 1.807) is 25.1 Å². The van der Waals surface area contributed by atoms with E-state index in [9.17, 15) is 9.90 Å². The molecule has 1 aliphatic heterocycles. The van der Waals surface area contributed by atoms with Gasteiger partial charge in [-0.05, 0) is 92.4 Å². The molecule has 0 spiro atoms. The Morgan fingerprint density at radius 2 is 2.18 bits per heavy atom. The molecule has 1 saturated heterocycles. The van der Waals surface area contributed by atoms with Crippen LogP contribution < -0.4 is 4.74 Å². The van der Waals surface area contributed by atoms with Crippen molar-refractivity contribution in [1.82, 2.24) is 9.88 Å². The van der Waals surface area contributed by atoms with E-state index >= 15 is 0 Å². The normalized spacial score (nSPS) is 18.9. The number of rotatable bonds is 12. The molecule has 1 fully saturated rings. The second-order valence-electron chi connectivity index (χ2n) is 9.07. The number of thioether (sulfide) groups is 1. The lowest BCUT2D eigenvalue weighted by molar-refractivity contribution is -0.137. The zero-order valence-electron chi connectivity index (χ0n) is 19.8. The minimum Gasteiger partial charge on any atom is -0.497 e. The molecule has 0 radical (unpaired) electrons. The molecule has 34 heavy (non-hydrogen) atoms. The molecule has 0 aliphatic carbocycles. The maximum absolute atomic E-state index is 11.3. The van der Waals surface area contributed by atoms with Crippen molar-refractivity contribution in [2.24, 2.45) is 11.8 Å². The summed E-state index contributed by atoms with van der Waals surface area (Å²) in [7, 11) is 1.69. The van der Waals surface area contributed by atoms with Gasteiger partial charge in [0.15, 0.2) is 5.09 Å². The number of ether oxygens (including phenoxy) is 1. The van der Waals surface area contributed by atoms with Crippen molar-refractivity contribution >= 4 is 28.6 Å². The number of fused-ring (bicyclic) bond motifs is 1. The van der Waals surface area contributed by atoms with Crippen LogP contribution in [0.15, 0.2) is 58.4 Å². The quantitative estimate of drug-likeness (QED) is 0.329. The van der Waals surface area contributed by atoms with Crippen LogP contribution in [0.3, 0.4) is 0 Å². The average molecular weight is 483 g/mol. The van der Waals surface area contributed by atoms with Crippen molar-refractivity contribution in [3.63, 3.8) is 0 Å². The van der Waals surface area contributed by atoms with Gasteiger partial charge in [0, 0.05) is 36.8 Å². The number of methoxy groups -OCH3 is 1. The number of hydrogen-bond acceptors (Lipinski definition) is 6. The van der Waals surface area contributed by atoms with Gasteiger partial charge in [-0.3, -0.25) is 9.78 Å². The van der Waals surface area contributed by atoms with E-state index in [0.717, 1.165) is 79.2 Å². The van der Waals surface area contributed by atoms with Crippen molar-refractivity contribution in [3.05, 3.63) is 54.4 Å². The first-order valence-electron chi connectivity index (χ1n) is 12.1. The summed E-state index contributed by atoms with van der Waals surface area (Å²) in [6, 6.07) is 12.1. The van der Waals surface area contributed by atoms with Crippen LogP contribution >= 0.6 is 11.8 Å². The lowest BCUT2D eigenvalue weighted by Crippen LogP contribution is -2.41. The molecule has 0 saturated carbocycles. The minimum absolute atomic E-state index is 0.255. The highest BCUT2D eigenvalue weighted by Crippen LogP contribution is 2.32. The molecule has 3 heterocycles. The van der Waals surface area contributed by atoms with E-state index in [1.807, 2.05) is 30.5 Å². The number of carboxylic acids is 1. The SMILES string of the molecule is COc1ccc2nccc(CCCC3CCN(CCSc4ccco4)CC3CCC(=O)O)c2c1. The van der Waals surface area contributed by atoms with Gasteiger partial charge in [-0.2, -0.15) is 0 Å². The lowest BCUT2D eigenvalue weighted by Gasteiger charge is -2.38. The van der Waals surface area contributed by atoms with Crippen LogP contribution in [-0.2, 0) is 11.2 Å². The minimum atomic E-state index is -0.693. The molecule has 2 atom stereocenters. The van der Waals surface area contributed by atoms with Gasteiger partial charge < -0.3 is 19.2 Å². The predicted octanol–water partition coefficient (Wildman–Crippen LogP) is 5.75. The molecular formula is C27H34N2O4S. The highest BCUT2D eigenvalue weighted by Gasteiger charge is 2.29. The molecule has 182 valence electrons. The summed E-state index contributed by atoms with van der Waals surface area (Å²) in [5, 5.41) is 11.4. The summed E-state index contributed by atoms with van der Waals surface area (Å²) in [4.78, 5) is 18.3. The fourth-order valence-electron chi connectivity index (χ4n) is 5.08. The fourth-order valence-corrected chi connectivity index (χ4v) is 5.93. The number of nitrogens with zero attached hydrogens (tertiary/aromatic N) is 2. The zero-order chi connectivity index (χ0) is 23.8. The number of pyridine rings is 1. The van der Waals surface area contributed by atoms with Crippen molar-refractivity contribution in [1.29, 1.82) is 0 Å². The number of furan rings is 1. The maximum atomic E-state index is 11.3. The summed E-state index contributed by atoms with van der Waals surface area (Å²) in [5.74, 6) is 2.17. The van der Waals surface area contributed by atoms with E-state index in [2.05, 4.69) is 22.0 Å². The Kier molecular flexibility index (Phi) is 8.88. The maximum Gasteiger partial charge on any atom is 0.303 e. The van der Waals surface area contributed by atoms with Gasteiger partial charge in [0.2, 0.25) is 0 Å². The Morgan fingerprint density at radius 3 is 2.97 bits per heavy atom. The van der Waals surface area contributed by atoms with Crippen molar-refractivity contribution in [2.45, 2.75) is 43.6 Å². The molecule has 1 aliphatic rings. The lowest BCUT2D eigenvalue weighted by atomic mass is 9.79. The number of aliphatic carboxylic acids is 1. The second kappa shape index (κ2) is 12.3. The molecule has 2 aromatic heterocycles. The van der Waals surface area contributed by atoms with Gasteiger partial charge in [0.05, 0.1) is 18.9 Å². The predicted molar refractivity (Wildman–Crippen MR) is 136 cm³/mol. The second-order valence-corrected chi connectivity index (χ2v) is 10.2. The summed E-state index contributed by atoms with van der Waals surface area (Å²) in [5.41, 5.74) is 2.30. The monoisotopic (exact) mass is 482 g/mol. The molecule has 3 aromatic rings. The topological polar surface area (TPSA) is 75.8 Å². The van der Waals surface area contributed by atoms with E-state index in [0.29, 0.717) is 11.8 Å². The summed E-state index contributed by atoms with van der Waals surface area (Å²) in [6.07, 6.45) is 8.98. The number of benzene rings is 1. The first kappa shape index (κ1) is 24.6. The Hall–Kier alpha value is -2.51. The Balaban J connectivity index is 1.32. The van der Waals surface area contributed by atoms with Crippen molar-refractivity contribution in [2.75, 3.05) is 32.5 Å². The van der Waals surface area contributed by atoms with Crippen LogP contribution in [0.5, 0.6) is 5.75 Å². The number of aryl methyl sites for hydroxylation is 1. The largest absolute Gasteiger partial charge is 0.497 e. The molecule has 1 aromatic carbocycles. The summed E-state index contributed by atoms with van der Waals surface area (Å²) >= 11 is 1.74. The van der Waals surface area contributed by atoms with Gasteiger partial charge >= 0.3 is 5.97 Å². The first-order valence-corrected chi connectivity index (χ1v) is 13.1. The number of likely N-dealkylation sites (tertiary alicyclic amines) is 1. The summed E-state index contributed by atoms with van der Waals surface area (Å²) in [6.45, 7) is 3.08. The van der Waals surface area contributed by atoms with E-state index in [4.69, 9.17) is 9.15 Å². The molecule has 6 nitrogen and oxygen atoms in total. The molecule has 2 unspecified atom stereocenters. The third-order valence-corrected chi connectivity index (χ3v) is 7.81. The third kappa shape index (κ3) is 6.76. The van der Waals surface area contributed by atoms with Gasteiger partial charge in [-0.25, -0.2) is 0 Å². The zero-order valence-corrected chi connectivity index (χ0v) is 20.6. The van der Waals surface area contributed by atoms with Crippen molar-refractivity contribution < 1.29 is 19.1 Å². The van der Waals surface area contributed by atoms with Gasteiger partial charge in [0.1, 0.15) is 5.75 Å². The standard InChI is InChI=1S/C27H34N2O4S/c1-32-23-8-9-25-24(18-23)21(11-13-28-25)5-2-4-20-12-14-29(19-22(20)7-10-26(30)31)15-17-34-27-6-3-16-33-27/h3,6,8-9,11,13,16,18,20,22H,2,4-5,7,10,12,14-15,17,19H2,1H3,(H,30,31). The van der Waals surface area contributed by atoms with Crippen LogP contribution in [0, 0.1) is 11.8 Å². The molecule has 1 N–H and O–H groups in total. The highest BCUT2D eigenvalue weighted by atomic mass is 32.2. The van der Waals surface area contributed by atoms with Gasteiger partial charge in [-0.1, -0.05) is 11.8 Å². The van der Waals surface area contributed by atoms with Crippen LogP contribution in [0.2, 0.25) is 0 Å². The van der Waals surface area contributed by atoms with E-state index < -0.39 is 5.97 Å². The Morgan fingerprint density at radius 1 is 1.26 bits per heavy atom. The number of aromatic nitrogens is 1. The Labute approximate surface area is 205 Å². The molecule has 0 bridgehead atoms. The van der Waals surface area contributed by atoms with E-state index in [-0.39, 0.29) is 6.42 Å². The average Bonchev–Trinajstić information content (AvgIpc) is 3.37. The van der Waals surface area contributed by atoms with Crippen LogP contribution in [-0.4, -0.2) is 53.5 Å². The number of piperidine rings is 1.